The minimum atomic E-state index is -0.469. The predicted molar refractivity (Wildman–Crippen MR) is 77.2 cm³/mol. The highest BCUT2D eigenvalue weighted by molar-refractivity contribution is 5.51. The molecule has 0 aromatic heterocycles. The van der Waals surface area contributed by atoms with Crippen LogP contribution >= 0.6 is 0 Å². The number of hydrogen-bond donors (Lipinski definition) is 0. The second kappa shape index (κ2) is 6.10. The molecule has 1 fully saturated rings. The summed E-state index contributed by atoms with van der Waals surface area (Å²) in [6, 6.07) is 3.97. The van der Waals surface area contributed by atoms with Gasteiger partial charge in [-0.1, -0.05) is 19.8 Å². The number of rotatable bonds is 5. The Hall–Kier alpha value is -1.80. The van der Waals surface area contributed by atoms with Gasteiger partial charge in [0.1, 0.15) is 17.0 Å². The van der Waals surface area contributed by atoms with Gasteiger partial charge in [-0.2, -0.15) is 4.99 Å². The molecule has 4 nitrogen and oxygen atoms in total. The first-order valence-electron chi connectivity index (χ1n) is 7.05. The van der Waals surface area contributed by atoms with Crippen LogP contribution in [0.5, 0.6) is 11.5 Å². The third-order valence-corrected chi connectivity index (χ3v) is 4.18. The summed E-state index contributed by atoms with van der Waals surface area (Å²) in [7, 11) is 3.29. The van der Waals surface area contributed by atoms with Gasteiger partial charge >= 0.3 is 0 Å². The van der Waals surface area contributed by atoms with Crippen molar-refractivity contribution in [3.05, 3.63) is 23.3 Å². The van der Waals surface area contributed by atoms with Crippen molar-refractivity contribution in [2.24, 2.45) is 4.99 Å². The molecule has 1 aliphatic carbocycles. The number of aliphatic imine (C=N–C) groups is 1. The van der Waals surface area contributed by atoms with Gasteiger partial charge in [0.05, 0.1) is 14.2 Å². The molecular weight excluding hydrogens is 254 g/mol. The smallest absolute Gasteiger partial charge is 0.235 e. The maximum absolute atomic E-state index is 10.9. The van der Waals surface area contributed by atoms with Crippen molar-refractivity contribution < 1.29 is 14.3 Å². The molecule has 0 amide bonds. The molecule has 0 bridgehead atoms. The summed E-state index contributed by atoms with van der Waals surface area (Å²) in [6.07, 6.45) is 6.50. The number of carbonyl (C=O) groups excluding carboxylic acids is 1. The lowest BCUT2D eigenvalue weighted by molar-refractivity contribution is 0.368. The highest BCUT2D eigenvalue weighted by atomic mass is 16.5. The van der Waals surface area contributed by atoms with Crippen molar-refractivity contribution in [2.45, 2.75) is 44.6 Å². The van der Waals surface area contributed by atoms with Crippen LogP contribution in [0, 0.1) is 0 Å². The molecule has 2 rings (SSSR count). The van der Waals surface area contributed by atoms with Crippen molar-refractivity contribution in [3.8, 4) is 11.5 Å². The molecular formula is C16H21NO3. The number of nitrogens with zero attached hydrogens (tertiary/aromatic N) is 1. The van der Waals surface area contributed by atoms with E-state index < -0.39 is 5.54 Å². The third kappa shape index (κ3) is 2.44. The molecule has 0 heterocycles. The first-order chi connectivity index (χ1) is 9.70. The standard InChI is InChI=1S/C16H21NO3/c1-4-12-9-13(15(20-3)10-14(12)19-2)16(17-11-18)7-5-6-8-16/h9-10H,4-8H2,1-3H3. The lowest BCUT2D eigenvalue weighted by Crippen LogP contribution is -2.20. The first-order valence-corrected chi connectivity index (χ1v) is 7.05. The SMILES string of the molecule is CCc1cc(C2(N=C=O)CCCC2)c(OC)cc1OC. The van der Waals surface area contributed by atoms with Crippen LogP contribution in [0.15, 0.2) is 17.1 Å². The van der Waals surface area contributed by atoms with E-state index in [1.165, 1.54) is 0 Å². The van der Waals surface area contributed by atoms with E-state index in [4.69, 9.17) is 9.47 Å². The molecule has 0 saturated heterocycles. The van der Waals surface area contributed by atoms with Crippen LogP contribution in [0.4, 0.5) is 0 Å². The zero-order valence-corrected chi connectivity index (χ0v) is 12.4. The fourth-order valence-corrected chi connectivity index (χ4v) is 3.09. The molecule has 0 unspecified atom stereocenters. The monoisotopic (exact) mass is 275 g/mol. The van der Waals surface area contributed by atoms with E-state index in [1.54, 1.807) is 20.3 Å². The van der Waals surface area contributed by atoms with E-state index in [-0.39, 0.29) is 0 Å². The summed E-state index contributed by atoms with van der Waals surface area (Å²) in [4.78, 5) is 15.0. The number of hydrogen-bond acceptors (Lipinski definition) is 4. The third-order valence-electron chi connectivity index (χ3n) is 4.18. The second-order valence-electron chi connectivity index (χ2n) is 5.16. The maximum Gasteiger partial charge on any atom is 0.235 e. The molecule has 1 aromatic rings. The summed E-state index contributed by atoms with van der Waals surface area (Å²) in [5.41, 5.74) is 1.62. The van der Waals surface area contributed by atoms with Crippen LogP contribution in [0.25, 0.3) is 0 Å². The summed E-state index contributed by atoms with van der Waals surface area (Å²) in [6.45, 7) is 2.08. The van der Waals surface area contributed by atoms with Gasteiger partial charge < -0.3 is 9.47 Å². The van der Waals surface area contributed by atoms with Crippen LogP contribution in [-0.2, 0) is 16.8 Å². The van der Waals surface area contributed by atoms with E-state index >= 15 is 0 Å². The topological polar surface area (TPSA) is 47.9 Å². The van der Waals surface area contributed by atoms with Gasteiger partial charge in [0.15, 0.2) is 0 Å². The van der Waals surface area contributed by atoms with Crippen molar-refractivity contribution in [1.29, 1.82) is 0 Å². The van der Waals surface area contributed by atoms with E-state index in [1.807, 2.05) is 6.07 Å². The summed E-state index contributed by atoms with van der Waals surface area (Å²) in [5, 5.41) is 0. The number of isocyanates is 1. The van der Waals surface area contributed by atoms with Crippen LogP contribution in [0.2, 0.25) is 0 Å². The van der Waals surface area contributed by atoms with Gasteiger partial charge in [-0.05, 0) is 30.9 Å². The van der Waals surface area contributed by atoms with E-state index in [0.29, 0.717) is 0 Å². The summed E-state index contributed by atoms with van der Waals surface area (Å²) >= 11 is 0. The quantitative estimate of drug-likeness (QED) is 0.611. The van der Waals surface area contributed by atoms with Crippen LogP contribution in [0.1, 0.15) is 43.7 Å². The molecule has 1 saturated carbocycles. The van der Waals surface area contributed by atoms with Crippen molar-refractivity contribution in [3.63, 3.8) is 0 Å². The largest absolute Gasteiger partial charge is 0.496 e. The van der Waals surface area contributed by atoms with E-state index in [9.17, 15) is 4.79 Å². The fourth-order valence-electron chi connectivity index (χ4n) is 3.09. The lowest BCUT2D eigenvalue weighted by Gasteiger charge is -2.26. The molecule has 20 heavy (non-hydrogen) atoms. The normalized spacial score (nSPS) is 16.6. The van der Waals surface area contributed by atoms with Crippen molar-refractivity contribution in [2.75, 3.05) is 14.2 Å². The Labute approximate surface area is 119 Å². The Balaban J connectivity index is 2.61. The van der Waals surface area contributed by atoms with Crippen molar-refractivity contribution in [1.82, 2.24) is 0 Å². The zero-order valence-electron chi connectivity index (χ0n) is 12.4. The maximum atomic E-state index is 10.9. The average Bonchev–Trinajstić information content (AvgIpc) is 2.95. The molecule has 0 atom stereocenters. The predicted octanol–water partition coefficient (Wildman–Crippen LogP) is 3.37. The van der Waals surface area contributed by atoms with Gasteiger partial charge in [-0.25, -0.2) is 4.79 Å². The van der Waals surface area contributed by atoms with Gasteiger partial charge in [-0.15, -0.1) is 0 Å². The van der Waals surface area contributed by atoms with Gasteiger partial charge in [0.2, 0.25) is 6.08 Å². The fraction of sp³-hybridized carbons (Fsp3) is 0.562. The molecule has 108 valence electrons. The minimum absolute atomic E-state index is 0.469. The molecule has 0 N–H and O–H groups in total. The van der Waals surface area contributed by atoms with Crippen LogP contribution < -0.4 is 9.47 Å². The zero-order chi connectivity index (χ0) is 14.6. The molecule has 0 radical (unpaired) electrons. The number of benzene rings is 1. The van der Waals surface area contributed by atoms with E-state index in [0.717, 1.165) is 54.7 Å². The number of methoxy groups -OCH3 is 2. The summed E-state index contributed by atoms with van der Waals surface area (Å²) < 4.78 is 10.9. The minimum Gasteiger partial charge on any atom is -0.496 e. The Morgan fingerprint density at radius 1 is 1.20 bits per heavy atom. The highest BCUT2D eigenvalue weighted by Crippen LogP contribution is 2.47. The molecule has 1 aliphatic rings. The molecule has 0 aliphatic heterocycles. The van der Waals surface area contributed by atoms with Gasteiger partial charge in [-0.3, -0.25) is 0 Å². The van der Waals surface area contributed by atoms with Gasteiger partial charge in [0.25, 0.3) is 0 Å². The number of aryl methyl sites for hydroxylation is 1. The molecule has 1 aromatic carbocycles. The number of ether oxygens (including phenoxy) is 2. The Kier molecular flexibility index (Phi) is 4.46. The van der Waals surface area contributed by atoms with Crippen molar-refractivity contribution >= 4 is 6.08 Å². The highest BCUT2D eigenvalue weighted by Gasteiger charge is 2.38. The molecule has 4 heteroatoms. The van der Waals surface area contributed by atoms with Gasteiger partial charge in [0, 0.05) is 11.6 Å². The summed E-state index contributed by atoms with van der Waals surface area (Å²) in [5.74, 6) is 1.55. The van der Waals surface area contributed by atoms with E-state index in [2.05, 4.69) is 18.0 Å². The van der Waals surface area contributed by atoms with Crippen LogP contribution in [0.3, 0.4) is 0 Å². The Morgan fingerprint density at radius 2 is 1.85 bits per heavy atom. The first kappa shape index (κ1) is 14.6. The second-order valence-corrected chi connectivity index (χ2v) is 5.16. The Morgan fingerprint density at radius 3 is 2.35 bits per heavy atom. The molecule has 0 spiro atoms. The lowest BCUT2D eigenvalue weighted by atomic mass is 9.86. The Bertz CT molecular complexity index is 527. The average molecular weight is 275 g/mol. The van der Waals surface area contributed by atoms with Crippen LogP contribution in [-0.4, -0.2) is 20.3 Å².